The van der Waals surface area contributed by atoms with E-state index in [1.165, 1.54) is 25.1 Å². The monoisotopic (exact) mass is 194 g/mol. The fraction of sp³-hybridized carbons (Fsp3) is 0.700. The van der Waals surface area contributed by atoms with Gasteiger partial charge < -0.3 is 10.2 Å². The van der Waals surface area contributed by atoms with Crippen molar-refractivity contribution >= 4 is 0 Å². The molecule has 1 N–H and O–H groups in total. The van der Waals surface area contributed by atoms with Crippen molar-refractivity contribution in [2.75, 3.05) is 20.1 Å². The van der Waals surface area contributed by atoms with Gasteiger partial charge in [0, 0.05) is 37.9 Å². The SMILES string of the molecule is CN1CC[C@@H](NCc2cnn(C)c2)C1. The van der Waals surface area contributed by atoms with Gasteiger partial charge in [-0.1, -0.05) is 0 Å². The Balaban J connectivity index is 1.77. The first-order valence-electron chi connectivity index (χ1n) is 5.13. The number of hydrogen-bond acceptors (Lipinski definition) is 3. The van der Waals surface area contributed by atoms with Gasteiger partial charge in [-0.25, -0.2) is 0 Å². The molecule has 0 spiro atoms. The Kier molecular flexibility index (Phi) is 2.84. The van der Waals surface area contributed by atoms with Crippen molar-refractivity contribution in [2.45, 2.75) is 19.0 Å². The van der Waals surface area contributed by atoms with Crippen LogP contribution in [0.5, 0.6) is 0 Å². The summed E-state index contributed by atoms with van der Waals surface area (Å²) in [6.07, 6.45) is 5.24. The molecule has 0 unspecified atom stereocenters. The Bertz CT molecular complexity index is 294. The van der Waals surface area contributed by atoms with Crippen molar-refractivity contribution in [3.63, 3.8) is 0 Å². The predicted molar refractivity (Wildman–Crippen MR) is 55.9 cm³/mol. The van der Waals surface area contributed by atoms with Crippen LogP contribution in [0.25, 0.3) is 0 Å². The lowest BCUT2D eigenvalue weighted by molar-refractivity contribution is 0.397. The second kappa shape index (κ2) is 4.11. The molecular weight excluding hydrogens is 176 g/mol. The molecule has 1 aromatic heterocycles. The van der Waals surface area contributed by atoms with Gasteiger partial charge in [0.25, 0.3) is 0 Å². The quantitative estimate of drug-likeness (QED) is 0.747. The Labute approximate surface area is 84.9 Å². The highest BCUT2D eigenvalue weighted by Crippen LogP contribution is 2.07. The van der Waals surface area contributed by atoms with E-state index in [9.17, 15) is 0 Å². The molecular formula is C10H18N4. The molecule has 0 aromatic carbocycles. The molecule has 0 bridgehead atoms. The smallest absolute Gasteiger partial charge is 0.0534 e. The second-order valence-electron chi connectivity index (χ2n) is 4.15. The summed E-state index contributed by atoms with van der Waals surface area (Å²) >= 11 is 0. The van der Waals surface area contributed by atoms with Crippen molar-refractivity contribution in [1.82, 2.24) is 20.0 Å². The summed E-state index contributed by atoms with van der Waals surface area (Å²) in [4.78, 5) is 2.36. The summed E-state index contributed by atoms with van der Waals surface area (Å²) in [6.45, 7) is 3.32. The number of aromatic nitrogens is 2. The number of nitrogens with zero attached hydrogens (tertiary/aromatic N) is 3. The summed E-state index contributed by atoms with van der Waals surface area (Å²) in [6, 6.07) is 0.653. The van der Waals surface area contributed by atoms with Crippen molar-refractivity contribution in [3.8, 4) is 0 Å². The largest absolute Gasteiger partial charge is 0.308 e. The minimum absolute atomic E-state index is 0.653. The molecule has 0 amide bonds. The topological polar surface area (TPSA) is 33.1 Å². The lowest BCUT2D eigenvalue weighted by atomic mass is 10.2. The van der Waals surface area contributed by atoms with Gasteiger partial charge in [0.15, 0.2) is 0 Å². The van der Waals surface area contributed by atoms with Crippen LogP contribution in [0.2, 0.25) is 0 Å². The predicted octanol–water partition coefficient (Wildman–Crippen LogP) is 0.214. The van der Waals surface area contributed by atoms with Gasteiger partial charge >= 0.3 is 0 Å². The van der Waals surface area contributed by atoms with E-state index in [-0.39, 0.29) is 0 Å². The number of likely N-dealkylation sites (tertiary alicyclic amines) is 1. The van der Waals surface area contributed by atoms with E-state index in [0.29, 0.717) is 6.04 Å². The standard InChI is InChI=1S/C10H18N4/c1-13-4-3-10(8-13)11-5-9-6-12-14(2)7-9/h6-7,10-11H,3-5,8H2,1-2H3/t10-/m1/s1. The van der Waals surface area contributed by atoms with Gasteiger partial charge in [-0.2, -0.15) is 5.10 Å². The number of nitrogens with one attached hydrogen (secondary N) is 1. The van der Waals surface area contributed by atoms with E-state index < -0.39 is 0 Å². The number of hydrogen-bond donors (Lipinski definition) is 1. The number of likely N-dealkylation sites (N-methyl/N-ethyl adjacent to an activating group) is 1. The molecule has 2 heterocycles. The van der Waals surface area contributed by atoms with Gasteiger partial charge in [-0.15, -0.1) is 0 Å². The molecule has 4 nitrogen and oxygen atoms in total. The third-order valence-electron chi connectivity index (χ3n) is 2.74. The van der Waals surface area contributed by atoms with Gasteiger partial charge in [0.2, 0.25) is 0 Å². The molecule has 14 heavy (non-hydrogen) atoms. The Hall–Kier alpha value is -0.870. The Morgan fingerprint density at radius 2 is 2.43 bits per heavy atom. The molecule has 0 radical (unpaired) electrons. The van der Waals surface area contributed by atoms with Gasteiger partial charge in [-0.3, -0.25) is 4.68 Å². The van der Waals surface area contributed by atoms with E-state index >= 15 is 0 Å². The number of aryl methyl sites for hydroxylation is 1. The Morgan fingerprint density at radius 1 is 1.57 bits per heavy atom. The van der Waals surface area contributed by atoms with E-state index in [1.807, 2.05) is 17.9 Å². The highest BCUT2D eigenvalue weighted by molar-refractivity contribution is 5.03. The van der Waals surface area contributed by atoms with E-state index in [2.05, 4.69) is 28.6 Å². The average molecular weight is 194 g/mol. The molecule has 1 aromatic rings. The molecule has 4 heteroatoms. The van der Waals surface area contributed by atoms with Crippen molar-refractivity contribution in [1.29, 1.82) is 0 Å². The van der Waals surface area contributed by atoms with Crippen LogP contribution in [-0.2, 0) is 13.6 Å². The minimum Gasteiger partial charge on any atom is -0.308 e. The fourth-order valence-corrected chi connectivity index (χ4v) is 1.93. The van der Waals surface area contributed by atoms with E-state index in [4.69, 9.17) is 0 Å². The molecule has 1 aliphatic heterocycles. The lowest BCUT2D eigenvalue weighted by Gasteiger charge is -2.11. The highest BCUT2D eigenvalue weighted by Gasteiger charge is 2.18. The second-order valence-corrected chi connectivity index (χ2v) is 4.15. The molecule has 1 fully saturated rings. The zero-order valence-electron chi connectivity index (χ0n) is 8.90. The van der Waals surface area contributed by atoms with Crippen LogP contribution in [0.3, 0.4) is 0 Å². The van der Waals surface area contributed by atoms with Crippen LogP contribution < -0.4 is 5.32 Å². The third-order valence-corrected chi connectivity index (χ3v) is 2.74. The minimum atomic E-state index is 0.653. The number of rotatable bonds is 3. The van der Waals surface area contributed by atoms with Crippen molar-refractivity contribution < 1.29 is 0 Å². The molecule has 78 valence electrons. The maximum atomic E-state index is 4.14. The lowest BCUT2D eigenvalue weighted by Crippen LogP contribution is -2.30. The maximum absolute atomic E-state index is 4.14. The molecule has 2 rings (SSSR count). The van der Waals surface area contributed by atoms with Gasteiger partial charge in [-0.05, 0) is 20.0 Å². The van der Waals surface area contributed by atoms with Crippen LogP contribution in [0.4, 0.5) is 0 Å². The molecule has 1 saturated heterocycles. The van der Waals surface area contributed by atoms with Gasteiger partial charge in [0.1, 0.15) is 0 Å². The Morgan fingerprint density at radius 3 is 3.00 bits per heavy atom. The summed E-state index contributed by atoms with van der Waals surface area (Å²) in [5.41, 5.74) is 1.27. The van der Waals surface area contributed by atoms with Crippen LogP contribution in [0.15, 0.2) is 12.4 Å². The van der Waals surface area contributed by atoms with Crippen LogP contribution in [-0.4, -0.2) is 40.9 Å². The fourth-order valence-electron chi connectivity index (χ4n) is 1.93. The molecule has 0 aliphatic carbocycles. The van der Waals surface area contributed by atoms with Gasteiger partial charge in [0.05, 0.1) is 6.20 Å². The first-order chi connectivity index (χ1) is 6.74. The summed E-state index contributed by atoms with van der Waals surface area (Å²) in [5, 5.41) is 7.69. The maximum Gasteiger partial charge on any atom is 0.0534 e. The summed E-state index contributed by atoms with van der Waals surface area (Å²) in [5.74, 6) is 0. The normalized spacial score (nSPS) is 23.1. The first kappa shape index (κ1) is 9.68. The molecule has 0 saturated carbocycles. The summed E-state index contributed by atoms with van der Waals surface area (Å²) < 4.78 is 1.85. The van der Waals surface area contributed by atoms with Crippen LogP contribution >= 0.6 is 0 Å². The zero-order chi connectivity index (χ0) is 9.97. The van der Waals surface area contributed by atoms with Crippen LogP contribution in [0.1, 0.15) is 12.0 Å². The third kappa shape index (κ3) is 2.33. The van der Waals surface area contributed by atoms with Crippen molar-refractivity contribution in [2.24, 2.45) is 7.05 Å². The average Bonchev–Trinajstić information content (AvgIpc) is 2.72. The van der Waals surface area contributed by atoms with Crippen LogP contribution in [0, 0.1) is 0 Å². The highest BCUT2D eigenvalue weighted by atomic mass is 15.2. The molecule has 1 atom stereocenters. The van der Waals surface area contributed by atoms with Crippen molar-refractivity contribution in [3.05, 3.63) is 18.0 Å². The molecule has 1 aliphatic rings. The zero-order valence-corrected chi connectivity index (χ0v) is 8.90. The van der Waals surface area contributed by atoms with E-state index in [0.717, 1.165) is 6.54 Å². The van der Waals surface area contributed by atoms with E-state index in [1.54, 1.807) is 0 Å². The first-order valence-corrected chi connectivity index (χ1v) is 5.13. The summed E-state index contributed by atoms with van der Waals surface area (Å²) in [7, 11) is 4.12.